The molecule has 1 N–H and O–H groups in total. The fraction of sp³-hybridized carbons (Fsp3) is 0.409. The van der Waals surface area contributed by atoms with Gasteiger partial charge in [0.2, 0.25) is 0 Å². The fourth-order valence-electron chi connectivity index (χ4n) is 3.94. The molecule has 2 aromatic carbocycles. The van der Waals surface area contributed by atoms with Crippen LogP contribution in [0.2, 0.25) is 0 Å². The van der Waals surface area contributed by atoms with Gasteiger partial charge < -0.3 is 15.0 Å². The average Bonchev–Trinajstić information content (AvgIpc) is 3.21. The third kappa shape index (κ3) is 4.49. The highest BCUT2D eigenvalue weighted by Crippen LogP contribution is 2.32. The Morgan fingerprint density at radius 1 is 1.00 bits per heavy atom. The van der Waals surface area contributed by atoms with E-state index in [4.69, 9.17) is 4.74 Å². The number of nitrogens with zero attached hydrogens (tertiary/aromatic N) is 2. The van der Waals surface area contributed by atoms with Gasteiger partial charge in [-0.1, -0.05) is 42.5 Å². The SMILES string of the molecule is O=C(Nc1ccc(CN2CCOCC2)cc1)N1CCC[C@@H]1c1ccccc1. The third-order valence-corrected chi connectivity index (χ3v) is 5.41. The molecule has 1 atom stereocenters. The lowest BCUT2D eigenvalue weighted by molar-refractivity contribution is 0.0342. The summed E-state index contributed by atoms with van der Waals surface area (Å²) < 4.78 is 5.40. The van der Waals surface area contributed by atoms with Crippen molar-refractivity contribution in [2.75, 3.05) is 38.2 Å². The molecule has 142 valence electrons. The van der Waals surface area contributed by atoms with E-state index in [2.05, 4.69) is 34.5 Å². The smallest absolute Gasteiger partial charge is 0.322 e. The predicted octanol–water partition coefficient (Wildman–Crippen LogP) is 3.89. The van der Waals surface area contributed by atoms with Gasteiger partial charge in [0.25, 0.3) is 0 Å². The van der Waals surface area contributed by atoms with Gasteiger partial charge in [0, 0.05) is 31.9 Å². The van der Waals surface area contributed by atoms with Crippen LogP contribution in [-0.4, -0.2) is 48.7 Å². The van der Waals surface area contributed by atoms with Gasteiger partial charge in [0.1, 0.15) is 0 Å². The van der Waals surface area contributed by atoms with Crippen LogP contribution in [0.15, 0.2) is 54.6 Å². The van der Waals surface area contributed by atoms with Crippen molar-refractivity contribution < 1.29 is 9.53 Å². The van der Waals surface area contributed by atoms with E-state index in [1.54, 1.807) is 0 Å². The Bertz CT molecular complexity index is 742. The van der Waals surface area contributed by atoms with Gasteiger partial charge in [0.15, 0.2) is 0 Å². The highest BCUT2D eigenvalue weighted by atomic mass is 16.5. The number of hydrogen-bond acceptors (Lipinski definition) is 3. The Labute approximate surface area is 160 Å². The Morgan fingerprint density at radius 3 is 2.48 bits per heavy atom. The molecular weight excluding hydrogens is 338 g/mol. The van der Waals surface area contributed by atoms with Gasteiger partial charge in [-0.15, -0.1) is 0 Å². The number of morpholine rings is 1. The van der Waals surface area contributed by atoms with Crippen LogP contribution in [0.25, 0.3) is 0 Å². The Kier molecular flexibility index (Phi) is 5.70. The molecule has 0 bridgehead atoms. The number of hydrogen-bond donors (Lipinski definition) is 1. The van der Waals surface area contributed by atoms with Crippen molar-refractivity contribution in [3.05, 3.63) is 65.7 Å². The van der Waals surface area contributed by atoms with Gasteiger partial charge >= 0.3 is 6.03 Å². The maximum atomic E-state index is 12.8. The Balaban J connectivity index is 1.36. The second-order valence-corrected chi connectivity index (χ2v) is 7.28. The van der Waals surface area contributed by atoms with Crippen LogP contribution < -0.4 is 5.32 Å². The zero-order chi connectivity index (χ0) is 18.5. The highest BCUT2D eigenvalue weighted by Gasteiger charge is 2.29. The standard InChI is InChI=1S/C22H27N3O2/c26-22(25-12-4-7-21(25)19-5-2-1-3-6-19)23-20-10-8-18(9-11-20)17-24-13-15-27-16-14-24/h1-3,5-6,8-11,21H,4,7,12-17H2,(H,23,26)/t21-/m1/s1. The molecule has 2 aliphatic rings. The number of carbonyl (C=O) groups excluding carboxylic acids is 1. The topological polar surface area (TPSA) is 44.8 Å². The molecule has 2 aromatic rings. The summed E-state index contributed by atoms with van der Waals surface area (Å²) in [6, 6.07) is 18.7. The fourth-order valence-corrected chi connectivity index (χ4v) is 3.94. The lowest BCUT2D eigenvalue weighted by atomic mass is 10.1. The predicted molar refractivity (Wildman–Crippen MR) is 107 cm³/mol. The number of nitrogens with one attached hydrogen (secondary N) is 1. The third-order valence-electron chi connectivity index (χ3n) is 5.41. The number of urea groups is 1. The minimum absolute atomic E-state index is 0.0118. The van der Waals surface area contributed by atoms with Crippen LogP contribution in [0.1, 0.15) is 30.0 Å². The molecule has 2 amide bonds. The van der Waals surface area contributed by atoms with Gasteiger partial charge in [-0.25, -0.2) is 4.79 Å². The Hall–Kier alpha value is -2.37. The van der Waals surface area contributed by atoms with E-state index in [-0.39, 0.29) is 12.1 Å². The first-order valence-corrected chi connectivity index (χ1v) is 9.81. The summed E-state index contributed by atoms with van der Waals surface area (Å²) in [5.74, 6) is 0. The van der Waals surface area contributed by atoms with E-state index in [0.29, 0.717) is 0 Å². The molecule has 0 radical (unpaired) electrons. The molecule has 2 aliphatic heterocycles. The van der Waals surface area contributed by atoms with Gasteiger partial charge in [-0.2, -0.15) is 0 Å². The van der Waals surface area contributed by atoms with Crippen LogP contribution in [0.5, 0.6) is 0 Å². The van der Waals surface area contributed by atoms with Gasteiger partial charge in [-0.05, 0) is 36.1 Å². The molecule has 27 heavy (non-hydrogen) atoms. The monoisotopic (exact) mass is 365 g/mol. The molecule has 5 nitrogen and oxygen atoms in total. The second kappa shape index (κ2) is 8.55. The van der Waals surface area contributed by atoms with Crippen molar-refractivity contribution in [1.29, 1.82) is 0 Å². The quantitative estimate of drug-likeness (QED) is 0.894. The van der Waals surface area contributed by atoms with E-state index >= 15 is 0 Å². The number of rotatable bonds is 4. The summed E-state index contributed by atoms with van der Waals surface area (Å²) in [5.41, 5.74) is 3.33. The normalized spacial score (nSPS) is 20.6. The molecule has 5 heteroatoms. The molecule has 0 unspecified atom stereocenters. The zero-order valence-corrected chi connectivity index (χ0v) is 15.6. The first-order chi connectivity index (χ1) is 13.3. The van der Waals surface area contributed by atoms with Crippen LogP contribution in [0, 0.1) is 0 Å². The number of carbonyl (C=O) groups is 1. The molecule has 0 aromatic heterocycles. The first kappa shape index (κ1) is 18.0. The maximum Gasteiger partial charge on any atom is 0.322 e. The summed E-state index contributed by atoms with van der Waals surface area (Å²) in [7, 11) is 0. The van der Waals surface area contributed by atoms with E-state index < -0.39 is 0 Å². The van der Waals surface area contributed by atoms with Crippen molar-refractivity contribution in [1.82, 2.24) is 9.80 Å². The van der Waals surface area contributed by atoms with Gasteiger partial charge in [-0.3, -0.25) is 4.90 Å². The minimum Gasteiger partial charge on any atom is -0.379 e. The summed E-state index contributed by atoms with van der Waals surface area (Å²) in [5, 5.41) is 3.07. The van der Waals surface area contributed by atoms with Gasteiger partial charge in [0.05, 0.1) is 19.3 Å². The van der Waals surface area contributed by atoms with E-state index in [1.807, 2.05) is 35.2 Å². The maximum absolute atomic E-state index is 12.8. The van der Waals surface area contributed by atoms with Crippen LogP contribution in [0.3, 0.4) is 0 Å². The van der Waals surface area contributed by atoms with E-state index in [9.17, 15) is 4.79 Å². The van der Waals surface area contributed by atoms with E-state index in [1.165, 1.54) is 11.1 Å². The summed E-state index contributed by atoms with van der Waals surface area (Å²) >= 11 is 0. The molecule has 0 spiro atoms. The molecule has 2 fully saturated rings. The lowest BCUT2D eigenvalue weighted by Crippen LogP contribution is -2.35. The summed E-state index contributed by atoms with van der Waals surface area (Å²) in [6.07, 6.45) is 2.07. The number of benzene rings is 2. The van der Waals surface area contributed by atoms with Crippen molar-refractivity contribution in [3.63, 3.8) is 0 Å². The number of ether oxygens (including phenoxy) is 1. The lowest BCUT2D eigenvalue weighted by Gasteiger charge is -2.27. The van der Waals surface area contributed by atoms with Crippen LogP contribution in [0.4, 0.5) is 10.5 Å². The van der Waals surface area contributed by atoms with Crippen molar-refractivity contribution in [2.45, 2.75) is 25.4 Å². The summed E-state index contributed by atoms with van der Waals surface area (Å²) in [4.78, 5) is 17.1. The summed E-state index contributed by atoms with van der Waals surface area (Å²) in [6.45, 7) is 5.32. The molecule has 2 heterocycles. The van der Waals surface area contributed by atoms with Crippen molar-refractivity contribution in [2.24, 2.45) is 0 Å². The zero-order valence-electron chi connectivity index (χ0n) is 15.6. The average molecular weight is 365 g/mol. The van der Waals surface area contributed by atoms with Crippen LogP contribution >= 0.6 is 0 Å². The van der Waals surface area contributed by atoms with Crippen molar-refractivity contribution in [3.8, 4) is 0 Å². The number of likely N-dealkylation sites (tertiary alicyclic amines) is 1. The van der Waals surface area contributed by atoms with Crippen molar-refractivity contribution >= 4 is 11.7 Å². The highest BCUT2D eigenvalue weighted by molar-refractivity contribution is 5.89. The first-order valence-electron chi connectivity index (χ1n) is 9.81. The minimum atomic E-state index is -0.0118. The molecule has 0 aliphatic carbocycles. The largest absolute Gasteiger partial charge is 0.379 e. The molecular formula is C22H27N3O2. The molecule has 2 saturated heterocycles. The molecule has 4 rings (SSSR count). The van der Waals surface area contributed by atoms with Crippen LogP contribution in [-0.2, 0) is 11.3 Å². The van der Waals surface area contributed by atoms with E-state index in [0.717, 1.165) is 57.9 Å². The number of amides is 2. The number of anilines is 1. The second-order valence-electron chi connectivity index (χ2n) is 7.28. The Morgan fingerprint density at radius 2 is 1.74 bits per heavy atom. The molecule has 0 saturated carbocycles.